The van der Waals surface area contributed by atoms with E-state index in [1.54, 1.807) is 6.92 Å². The van der Waals surface area contributed by atoms with E-state index in [-0.39, 0.29) is 6.61 Å². The molecule has 0 fully saturated rings. The molecule has 0 atom stereocenters. The Kier molecular flexibility index (Phi) is 3.93. The SMILES string of the molecule is CCO[Si](C)(C)c1c(F)c(F)c(F)c(F)c1F. The summed E-state index contributed by atoms with van der Waals surface area (Å²) in [6.45, 7) is 4.46. The van der Waals surface area contributed by atoms with E-state index in [4.69, 9.17) is 4.43 Å². The normalized spacial score (nSPS) is 12.0. The number of rotatable bonds is 3. The summed E-state index contributed by atoms with van der Waals surface area (Å²) in [4.78, 5) is 0. The molecule has 0 bridgehead atoms. The Morgan fingerprint density at radius 1 is 0.824 bits per heavy atom. The Balaban J connectivity index is 3.54. The quantitative estimate of drug-likeness (QED) is 0.355. The molecular weight excluding hydrogens is 259 g/mol. The van der Waals surface area contributed by atoms with Gasteiger partial charge >= 0.3 is 0 Å². The summed E-state index contributed by atoms with van der Waals surface area (Å²) in [6, 6.07) is 0. The fraction of sp³-hybridized carbons (Fsp3) is 0.400. The Labute approximate surface area is 96.3 Å². The molecule has 0 saturated heterocycles. The van der Waals surface area contributed by atoms with E-state index >= 15 is 0 Å². The van der Waals surface area contributed by atoms with E-state index < -0.39 is 42.6 Å². The van der Waals surface area contributed by atoms with Crippen LogP contribution in [-0.2, 0) is 4.43 Å². The minimum atomic E-state index is -3.15. The standard InChI is InChI=1S/C10H11F5OSi/c1-4-16-17(2,3)10-8(14)6(12)5(11)7(13)9(10)15/h4H2,1-3H3. The lowest BCUT2D eigenvalue weighted by atomic mass is 10.3. The van der Waals surface area contributed by atoms with Crippen molar-refractivity contribution in [3.63, 3.8) is 0 Å². The van der Waals surface area contributed by atoms with Crippen LogP contribution in [0.3, 0.4) is 0 Å². The smallest absolute Gasteiger partial charge is 0.224 e. The summed E-state index contributed by atoms with van der Waals surface area (Å²) in [5.41, 5.74) is 0. The minimum Gasteiger partial charge on any atom is -0.413 e. The molecule has 96 valence electrons. The Morgan fingerprint density at radius 3 is 1.53 bits per heavy atom. The molecule has 0 aliphatic carbocycles. The van der Waals surface area contributed by atoms with Gasteiger partial charge in [0.15, 0.2) is 23.3 Å². The predicted molar refractivity (Wildman–Crippen MR) is 55.0 cm³/mol. The second-order valence-electron chi connectivity index (χ2n) is 3.89. The fourth-order valence-corrected chi connectivity index (χ4v) is 3.71. The first-order chi connectivity index (χ1) is 7.74. The van der Waals surface area contributed by atoms with Crippen LogP contribution in [0.25, 0.3) is 0 Å². The first-order valence-electron chi connectivity index (χ1n) is 4.89. The maximum Gasteiger partial charge on any atom is 0.224 e. The van der Waals surface area contributed by atoms with Gasteiger partial charge in [0.05, 0.1) is 0 Å². The van der Waals surface area contributed by atoms with Crippen molar-refractivity contribution >= 4 is 13.5 Å². The summed E-state index contributed by atoms with van der Waals surface area (Å²) in [6.07, 6.45) is 0. The topological polar surface area (TPSA) is 9.23 Å². The van der Waals surface area contributed by atoms with Gasteiger partial charge in [0, 0.05) is 11.8 Å². The molecule has 0 saturated carbocycles. The van der Waals surface area contributed by atoms with Crippen molar-refractivity contribution in [1.29, 1.82) is 0 Å². The van der Waals surface area contributed by atoms with Crippen LogP contribution in [0.5, 0.6) is 0 Å². The highest BCUT2D eigenvalue weighted by Crippen LogP contribution is 2.20. The van der Waals surface area contributed by atoms with Crippen molar-refractivity contribution in [2.45, 2.75) is 20.0 Å². The molecule has 1 aromatic carbocycles. The highest BCUT2D eigenvalue weighted by atomic mass is 28.4. The maximum atomic E-state index is 13.5. The molecule has 0 amide bonds. The molecule has 0 N–H and O–H groups in total. The zero-order valence-electron chi connectivity index (χ0n) is 9.51. The van der Waals surface area contributed by atoms with Crippen LogP contribution in [0.4, 0.5) is 22.0 Å². The summed E-state index contributed by atoms with van der Waals surface area (Å²) in [5.74, 6) is -9.61. The molecule has 1 nitrogen and oxygen atoms in total. The van der Waals surface area contributed by atoms with Gasteiger partial charge in [0.25, 0.3) is 0 Å². The van der Waals surface area contributed by atoms with Gasteiger partial charge in [-0.3, -0.25) is 0 Å². The van der Waals surface area contributed by atoms with Crippen LogP contribution < -0.4 is 5.19 Å². The van der Waals surface area contributed by atoms with Crippen LogP contribution in [0.1, 0.15) is 6.92 Å². The number of hydrogen-bond donors (Lipinski definition) is 0. The van der Waals surface area contributed by atoms with E-state index in [1.807, 2.05) is 0 Å². The van der Waals surface area contributed by atoms with Gasteiger partial charge in [-0.05, 0) is 20.0 Å². The number of benzene rings is 1. The van der Waals surface area contributed by atoms with E-state index in [0.29, 0.717) is 0 Å². The molecule has 0 unspecified atom stereocenters. The van der Waals surface area contributed by atoms with Gasteiger partial charge in [0.1, 0.15) is 0 Å². The van der Waals surface area contributed by atoms with Gasteiger partial charge in [-0.25, -0.2) is 22.0 Å². The van der Waals surface area contributed by atoms with Crippen molar-refractivity contribution in [3.05, 3.63) is 29.1 Å². The van der Waals surface area contributed by atoms with Crippen LogP contribution in [0.2, 0.25) is 13.1 Å². The minimum absolute atomic E-state index is 0.138. The molecule has 1 rings (SSSR count). The van der Waals surface area contributed by atoms with Crippen molar-refractivity contribution < 1.29 is 26.4 Å². The maximum absolute atomic E-state index is 13.5. The Morgan fingerprint density at radius 2 is 1.18 bits per heavy atom. The van der Waals surface area contributed by atoms with E-state index in [0.717, 1.165) is 0 Å². The summed E-state index contributed by atoms with van der Waals surface area (Å²) >= 11 is 0. The lowest BCUT2D eigenvalue weighted by Crippen LogP contribution is -2.49. The average Bonchev–Trinajstić information content (AvgIpc) is 2.23. The lowest BCUT2D eigenvalue weighted by molar-refractivity contribution is 0.332. The molecule has 1 aromatic rings. The second-order valence-corrected chi connectivity index (χ2v) is 7.70. The van der Waals surface area contributed by atoms with E-state index in [9.17, 15) is 22.0 Å². The fourth-order valence-electron chi connectivity index (χ4n) is 1.57. The monoisotopic (exact) mass is 270 g/mol. The second kappa shape index (κ2) is 4.73. The lowest BCUT2D eigenvalue weighted by Gasteiger charge is -2.23. The van der Waals surface area contributed by atoms with Crippen molar-refractivity contribution in [1.82, 2.24) is 0 Å². The first kappa shape index (κ1) is 14.1. The molecule has 0 aromatic heterocycles. The predicted octanol–water partition coefficient (Wildman–Crippen LogP) is 2.83. The number of halogens is 5. The van der Waals surface area contributed by atoms with Gasteiger partial charge in [-0.2, -0.15) is 0 Å². The Hall–Kier alpha value is -0.953. The van der Waals surface area contributed by atoms with E-state index in [1.165, 1.54) is 13.1 Å². The molecule has 0 radical (unpaired) electrons. The average molecular weight is 270 g/mol. The first-order valence-corrected chi connectivity index (χ1v) is 7.80. The highest BCUT2D eigenvalue weighted by Gasteiger charge is 2.37. The van der Waals surface area contributed by atoms with Crippen molar-refractivity contribution in [3.8, 4) is 0 Å². The van der Waals surface area contributed by atoms with Crippen molar-refractivity contribution in [2.75, 3.05) is 6.61 Å². The van der Waals surface area contributed by atoms with Gasteiger partial charge in [0.2, 0.25) is 14.1 Å². The zero-order valence-corrected chi connectivity index (χ0v) is 10.5. The van der Waals surface area contributed by atoms with Gasteiger partial charge < -0.3 is 4.43 Å². The Bertz CT molecular complexity index is 418. The summed E-state index contributed by atoms with van der Waals surface area (Å²) < 4.78 is 70.8. The summed E-state index contributed by atoms with van der Waals surface area (Å²) in [5, 5.41) is -0.823. The zero-order chi connectivity index (χ0) is 13.4. The molecule has 0 heterocycles. The largest absolute Gasteiger partial charge is 0.413 e. The van der Waals surface area contributed by atoms with Crippen molar-refractivity contribution in [2.24, 2.45) is 0 Å². The van der Waals surface area contributed by atoms with Crippen LogP contribution in [-0.4, -0.2) is 14.9 Å². The van der Waals surface area contributed by atoms with Crippen LogP contribution in [0, 0.1) is 29.1 Å². The van der Waals surface area contributed by atoms with Crippen LogP contribution in [0.15, 0.2) is 0 Å². The third-order valence-electron chi connectivity index (χ3n) is 2.32. The third-order valence-corrected chi connectivity index (χ3v) is 4.97. The van der Waals surface area contributed by atoms with E-state index in [2.05, 4.69) is 0 Å². The molecular formula is C10H11F5OSi. The van der Waals surface area contributed by atoms with Gasteiger partial charge in [-0.15, -0.1) is 0 Å². The molecule has 0 spiro atoms. The molecule has 0 aliphatic heterocycles. The van der Waals surface area contributed by atoms with Crippen LogP contribution >= 0.6 is 0 Å². The summed E-state index contributed by atoms with van der Waals surface area (Å²) in [7, 11) is -3.15. The molecule has 17 heavy (non-hydrogen) atoms. The highest BCUT2D eigenvalue weighted by molar-refractivity contribution is 6.84. The number of hydrogen-bond acceptors (Lipinski definition) is 1. The molecule has 0 aliphatic rings. The molecule has 7 heteroatoms. The van der Waals surface area contributed by atoms with Gasteiger partial charge in [-0.1, -0.05) is 0 Å². The third kappa shape index (κ3) is 2.35.